The van der Waals surface area contributed by atoms with Gasteiger partial charge in [0.05, 0.1) is 13.0 Å². The summed E-state index contributed by atoms with van der Waals surface area (Å²) >= 11 is 0. The Morgan fingerprint density at radius 1 is 1.40 bits per heavy atom. The first kappa shape index (κ1) is 9.97. The summed E-state index contributed by atoms with van der Waals surface area (Å²) in [6, 6.07) is 7.99. The van der Waals surface area contributed by atoms with Crippen LogP contribution in [0.5, 0.6) is 0 Å². The lowest BCUT2D eigenvalue weighted by molar-refractivity contribution is -0.142. The maximum Gasteiger partial charge on any atom is 0.313 e. The number of ether oxygens (including phenoxy) is 1. The lowest BCUT2D eigenvalue weighted by Gasteiger charge is -2.22. The molecule has 0 saturated carbocycles. The van der Waals surface area contributed by atoms with E-state index in [4.69, 9.17) is 4.74 Å². The second-order valence-electron chi connectivity index (χ2n) is 3.90. The van der Waals surface area contributed by atoms with Crippen LogP contribution >= 0.6 is 0 Å². The summed E-state index contributed by atoms with van der Waals surface area (Å²) in [5.74, 6) is -0.272. The molecule has 0 unspecified atom stereocenters. The Bertz CT molecular complexity index is 418. The molecule has 0 radical (unpaired) electrons. The zero-order valence-corrected chi connectivity index (χ0v) is 8.99. The van der Waals surface area contributed by atoms with E-state index >= 15 is 0 Å². The zero-order chi connectivity index (χ0) is 10.8. The molecule has 2 rings (SSSR count). The largest absolute Gasteiger partial charge is 0.469 e. The van der Waals surface area contributed by atoms with Crippen molar-refractivity contribution in [2.45, 2.75) is 19.3 Å². The molecule has 0 N–H and O–H groups in total. The Kier molecular flexibility index (Phi) is 2.58. The van der Waals surface area contributed by atoms with Gasteiger partial charge in [0, 0.05) is 0 Å². The first-order valence-corrected chi connectivity index (χ1v) is 5.06. The average Bonchev–Trinajstić information content (AvgIpc) is 2.26. The standard InChI is InChI=1S/C13H14O2/c1-9-7-10-5-3-4-6-11(10)12(8-9)13(14)15-2/h3-7,12H,8H2,1-2H3/t12-/m1/s1. The highest BCUT2D eigenvalue weighted by Gasteiger charge is 2.26. The van der Waals surface area contributed by atoms with Gasteiger partial charge in [0.25, 0.3) is 0 Å². The monoisotopic (exact) mass is 202 g/mol. The Balaban J connectivity index is 2.46. The number of hydrogen-bond donors (Lipinski definition) is 0. The van der Waals surface area contributed by atoms with Crippen LogP contribution in [0.1, 0.15) is 30.4 Å². The maximum absolute atomic E-state index is 11.6. The predicted octanol–water partition coefficient (Wildman–Crippen LogP) is 2.75. The van der Waals surface area contributed by atoms with Crippen molar-refractivity contribution in [3.05, 3.63) is 41.0 Å². The van der Waals surface area contributed by atoms with Crippen molar-refractivity contribution >= 4 is 12.0 Å². The molecule has 0 bridgehead atoms. The van der Waals surface area contributed by atoms with Gasteiger partial charge in [0.15, 0.2) is 0 Å². The van der Waals surface area contributed by atoms with Gasteiger partial charge in [0.2, 0.25) is 0 Å². The molecule has 0 saturated heterocycles. The molecule has 1 atom stereocenters. The second kappa shape index (κ2) is 3.89. The summed E-state index contributed by atoms with van der Waals surface area (Å²) in [4.78, 5) is 11.6. The first-order chi connectivity index (χ1) is 7.22. The molecular weight excluding hydrogens is 188 g/mol. The summed E-state index contributed by atoms with van der Waals surface area (Å²) < 4.78 is 4.83. The van der Waals surface area contributed by atoms with Crippen LogP contribution in [0.4, 0.5) is 0 Å². The van der Waals surface area contributed by atoms with E-state index in [1.54, 1.807) is 0 Å². The van der Waals surface area contributed by atoms with Crippen LogP contribution in [0.2, 0.25) is 0 Å². The summed E-state index contributed by atoms with van der Waals surface area (Å²) in [5.41, 5.74) is 3.44. The highest BCUT2D eigenvalue weighted by atomic mass is 16.5. The van der Waals surface area contributed by atoms with Crippen LogP contribution in [0, 0.1) is 0 Å². The van der Waals surface area contributed by atoms with E-state index in [9.17, 15) is 4.79 Å². The van der Waals surface area contributed by atoms with Crippen LogP contribution in [0.25, 0.3) is 6.08 Å². The molecule has 78 valence electrons. The lowest BCUT2D eigenvalue weighted by atomic mass is 9.84. The number of benzene rings is 1. The minimum Gasteiger partial charge on any atom is -0.469 e. The summed E-state index contributed by atoms with van der Waals surface area (Å²) in [5, 5.41) is 0. The van der Waals surface area contributed by atoms with Crippen molar-refractivity contribution in [1.82, 2.24) is 0 Å². The van der Waals surface area contributed by atoms with Crippen LogP contribution in [-0.4, -0.2) is 13.1 Å². The van der Waals surface area contributed by atoms with Gasteiger partial charge < -0.3 is 4.74 Å². The average molecular weight is 202 g/mol. The highest BCUT2D eigenvalue weighted by Crippen LogP contribution is 2.33. The van der Waals surface area contributed by atoms with Crippen molar-refractivity contribution in [3.8, 4) is 0 Å². The Labute approximate surface area is 89.6 Å². The van der Waals surface area contributed by atoms with E-state index in [0.717, 1.165) is 17.5 Å². The fraction of sp³-hybridized carbons (Fsp3) is 0.308. The quantitative estimate of drug-likeness (QED) is 0.654. The molecular formula is C13H14O2. The minimum atomic E-state index is -0.144. The van der Waals surface area contributed by atoms with Gasteiger partial charge in [-0.05, 0) is 24.5 Å². The smallest absolute Gasteiger partial charge is 0.313 e. The maximum atomic E-state index is 11.6. The number of esters is 1. The van der Waals surface area contributed by atoms with Gasteiger partial charge in [-0.25, -0.2) is 0 Å². The van der Waals surface area contributed by atoms with Gasteiger partial charge in [0.1, 0.15) is 0 Å². The molecule has 0 heterocycles. The SMILES string of the molecule is COC(=O)[C@@H]1CC(C)=Cc2ccccc21. The molecule has 1 aromatic rings. The van der Waals surface area contributed by atoms with Crippen LogP contribution in [0.3, 0.4) is 0 Å². The van der Waals surface area contributed by atoms with Crippen molar-refractivity contribution in [2.24, 2.45) is 0 Å². The van der Waals surface area contributed by atoms with Gasteiger partial charge in [-0.3, -0.25) is 4.79 Å². The molecule has 1 aromatic carbocycles. The number of carbonyl (C=O) groups excluding carboxylic acids is 1. The molecule has 0 spiro atoms. The minimum absolute atomic E-state index is 0.129. The topological polar surface area (TPSA) is 26.3 Å². The summed E-state index contributed by atoms with van der Waals surface area (Å²) in [6.45, 7) is 2.05. The number of allylic oxidation sites excluding steroid dienone is 1. The zero-order valence-electron chi connectivity index (χ0n) is 8.99. The molecule has 0 aromatic heterocycles. The predicted molar refractivity (Wildman–Crippen MR) is 59.5 cm³/mol. The third-order valence-electron chi connectivity index (χ3n) is 2.79. The number of methoxy groups -OCH3 is 1. The van der Waals surface area contributed by atoms with Gasteiger partial charge in [-0.1, -0.05) is 35.9 Å². The summed E-state index contributed by atoms with van der Waals surface area (Å²) in [6.07, 6.45) is 2.90. The van der Waals surface area contributed by atoms with E-state index < -0.39 is 0 Å². The molecule has 2 heteroatoms. The summed E-state index contributed by atoms with van der Waals surface area (Å²) in [7, 11) is 1.44. The Morgan fingerprint density at radius 2 is 2.13 bits per heavy atom. The van der Waals surface area contributed by atoms with Crippen molar-refractivity contribution in [2.75, 3.05) is 7.11 Å². The number of rotatable bonds is 1. The molecule has 2 nitrogen and oxygen atoms in total. The van der Waals surface area contributed by atoms with Gasteiger partial charge in [-0.2, -0.15) is 0 Å². The Morgan fingerprint density at radius 3 is 2.87 bits per heavy atom. The number of carbonyl (C=O) groups is 1. The van der Waals surface area contributed by atoms with Crippen molar-refractivity contribution in [1.29, 1.82) is 0 Å². The molecule has 15 heavy (non-hydrogen) atoms. The van der Waals surface area contributed by atoms with E-state index in [1.807, 2.05) is 31.2 Å². The first-order valence-electron chi connectivity index (χ1n) is 5.06. The van der Waals surface area contributed by atoms with Crippen LogP contribution < -0.4 is 0 Å². The van der Waals surface area contributed by atoms with Gasteiger partial charge >= 0.3 is 5.97 Å². The molecule has 0 aliphatic heterocycles. The third kappa shape index (κ3) is 1.80. The van der Waals surface area contributed by atoms with E-state index in [1.165, 1.54) is 12.7 Å². The number of fused-ring (bicyclic) bond motifs is 1. The second-order valence-corrected chi connectivity index (χ2v) is 3.90. The van der Waals surface area contributed by atoms with Gasteiger partial charge in [-0.15, -0.1) is 0 Å². The molecule has 0 fully saturated rings. The highest BCUT2D eigenvalue weighted by molar-refractivity contribution is 5.82. The lowest BCUT2D eigenvalue weighted by Crippen LogP contribution is -2.17. The molecule has 1 aliphatic carbocycles. The van der Waals surface area contributed by atoms with Crippen molar-refractivity contribution in [3.63, 3.8) is 0 Å². The fourth-order valence-electron chi connectivity index (χ4n) is 2.07. The fourth-order valence-corrected chi connectivity index (χ4v) is 2.07. The van der Waals surface area contributed by atoms with E-state index in [-0.39, 0.29) is 11.9 Å². The Hall–Kier alpha value is -1.57. The van der Waals surface area contributed by atoms with Crippen LogP contribution in [-0.2, 0) is 9.53 Å². The van der Waals surface area contributed by atoms with Crippen LogP contribution in [0.15, 0.2) is 29.8 Å². The van der Waals surface area contributed by atoms with E-state index in [2.05, 4.69) is 6.08 Å². The normalized spacial score (nSPS) is 19.1. The van der Waals surface area contributed by atoms with Crippen molar-refractivity contribution < 1.29 is 9.53 Å². The molecule has 1 aliphatic rings. The van der Waals surface area contributed by atoms with E-state index in [0.29, 0.717) is 0 Å². The number of hydrogen-bond acceptors (Lipinski definition) is 2. The third-order valence-corrected chi connectivity index (χ3v) is 2.79. The molecule has 0 amide bonds.